The number of nitro groups is 1. The lowest BCUT2D eigenvalue weighted by Gasteiger charge is -2.34. The first-order chi connectivity index (χ1) is 12.0. The van der Waals surface area contributed by atoms with Crippen LogP contribution in [0.4, 0.5) is 5.69 Å². The average molecular weight is 344 g/mol. The van der Waals surface area contributed by atoms with Crippen molar-refractivity contribution in [3.63, 3.8) is 0 Å². The highest BCUT2D eigenvalue weighted by Crippen LogP contribution is 2.26. The molecular weight excluding hydrogens is 324 g/mol. The molecule has 1 fully saturated rings. The van der Waals surface area contributed by atoms with Crippen molar-refractivity contribution < 1.29 is 9.72 Å². The van der Waals surface area contributed by atoms with Crippen molar-refractivity contribution in [3.8, 4) is 5.69 Å². The van der Waals surface area contributed by atoms with Crippen LogP contribution >= 0.6 is 0 Å². The molecular formula is C16H20N6O3. The van der Waals surface area contributed by atoms with Gasteiger partial charge in [0.15, 0.2) is 0 Å². The van der Waals surface area contributed by atoms with Gasteiger partial charge in [0.1, 0.15) is 18.3 Å². The molecule has 25 heavy (non-hydrogen) atoms. The van der Waals surface area contributed by atoms with Crippen LogP contribution in [0.25, 0.3) is 5.69 Å². The van der Waals surface area contributed by atoms with Crippen LogP contribution < -0.4 is 5.73 Å². The Hall–Kier alpha value is -2.81. The van der Waals surface area contributed by atoms with E-state index in [9.17, 15) is 14.9 Å². The van der Waals surface area contributed by atoms with Gasteiger partial charge in [0.05, 0.1) is 4.92 Å². The third-order valence-corrected chi connectivity index (χ3v) is 4.57. The van der Waals surface area contributed by atoms with Crippen molar-refractivity contribution in [2.24, 2.45) is 11.7 Å². The second-order valence-electron chi connectivity index (χ2n) is 6.31. The number of benzene rings is 1. The van der Waals surface area contributed by atoms with Gasteiger partial charge in [-0.1, -0.05) is 0 Å². The lowest BCUT2D eigenvalue weighted by atomic mass is 9.92. The minimum Gasteiger partial charge on any atom is -0.338 e. The van der Waals surface area contributed by atoms with Crippen LogP contribution in [0.15, 0.2) is 30.9 Å². The van der Waals surface area contributed by atoms with Crippen LogP contribution in [0.2, 0.25) is 0 Å². The number of carbonyl (C=O) groups excluding carboxylic acids is 1. The summed E-state index contributed by atoms with van der Waals surface area (Å²) in [5.41, 5.74) is 6.34. The molecule has 2 atom stereocenters. The Kier molecular flexibility index (Phi) is 4.75. The highest BCUT2D eigenvalue weighted by molar-refractivity contribution is 5.95. The van der Waals surface area contributed by atoms with Crippen LogP contribution in [0.1, 0.15) is 30.1 Å². The molecule has 9 heteroatoms. The molecule has 2 N–H and O–H groups in total. The SMILES string of the molecule is CC(N)C1CCCN(C(=O)c2ccc(-n3cncn3)c([N+](=O)[O-])c2)C1. The summed E-state index contributed by atoms with van der Waals surface area (Å²) >= 11 is 0. The molecule has 0 saturated carbocycles. The van der Waals surface area contributed by atoms with Gasteiger partial charge in [-0.05, 0) is 37.8 Å². The Balaban J connectivity index is 1.88. The molecule has 1 aromatic carbocycles. The number of carbonyl (C=O) groups is 1. The minimum atomic E-state index is -0.519. The predicted octanol–water partition coefficient (Wildman–Crippen LogP) is 1.37. The Labute approximate surface area is 144 Å². The monoisotopic (exact) mass is 344 g/mol. The fourth-order valence-corrected chi connectivity index (χ4v) is 3.14. The lowest BCUT2D eigenvalue weighted by Crippen LogP contribution is -2.45. The molecule has 0 spiro atoms. The first kappa shape index (κ1) is 17.0. The van der Waals surface area contributed by atoms with Crippen molar-refractivity contribution in [1.29, 1.82) is 0 Å². The maximum atomic E-state index is 12.8. The molecule has 9 nitrogen and oxygen atoms in total. The van der Waals surface area contributed by atoms with E-state index in [1.54, 1.807) is 11.0 Å². The van der Waals surface area contributed by atoms with Crippen molar-refractivity contribution >= 4 is 11.6 Å². The standard InChI is InChI=1S/C16H20N6O3/c1-11(17)13-3-2-6-20(8-13)16(23)12-4-5-14(15(7-12)22(24)25)21-10-18-9-19-21/h4-5,7,9-11,13H,2-3,6,8,17H2,1H3. The molecule has 1 amide bonds. The molecule has 1 aliphatic rings. The summed E-state index contributed by atoms with van der Waals surface area (Å²) in [6, 6.07) is 4.42. The Morgan fingerprint density at radius 1 is 1.48 bits per heavy atom. The van der Waals surface area contributed by atoms with E-state index in [-0.39, 0.29) is 29.2 Å². The molecule has 2 unspecified atom stereocenters. The fourth-order valence-electron chi connectivity index (χ4n) is 3.14. The molecule has 0 radical (unpaired) electrons. The Morgan fingerprint density at radius 3 is 2.92 bits per heavy atom. The molecule has 0 bridgehead atoms. The average Bonchev–Trinajstić information content (AvgIpc) is 3.15. The van der Waals surface area contributed by atoms with Crippen LogP contribution in [0.5, 0.6) is 0 Å². The highest BCUT2D eigenvalue weighted by atomic mass is 16.6. The molecule has 1 saturated heterocycles. The Bertz CT molecular complexity index is 774. The second kappa shape index (κ2) is 6.98. The van der Waals surface area contributed by atoms with E-state index >= 15 is 0 Å². The number of piperidine rings is 1. The summed E-state index contributed by atoms with van der Waals surface area (Å²) in [4.78, 5) is 29.2. The van der Waals surface area contributed by atoms with Gasteiger partial charge >= 0.3 is 0 Å². The first-order valence-corrected chi connectivity index (χ1v) is 8.15. The summed E-state index contributed by atoms with van der Waals surface area (Å²) in [7, 11) is 0. The number of nitrogens with two attached hydrogens (primary N) is 1. The van der Waals surface area contributed by atoms with Crippen LogP contribution in [0.3, 0.4) is 0 Å². The molecule has 2 heterocycles. The quantitative estimate of drug-likeness (QED) is 0.661. The van der Waals surface area contributed by atoms with Crippen molar-refractivity contribution in [1.82, 2.24) is 19.7 Å². The number of hydrogen-bond acceptors (Lipinski definition) is 6. The topological polar surface area (TPSA) is 120 Å². The zero-order valence-electron chi connectivity index (χ0n) is 13.9. The van der Waals surface area contributed by atoms with Crippen LogP contribution in [-0.4, -0.2) is 49.6 Å². The summed E-state index contributed by atoms with van der Waals surface area (Å²) in [6.45, 7) is 3.16. The number of amides is 1. The number of aromatic nitrogens is 3. The third kappa shape index (κ3) is 3.50. The van der Waals surface area contributed by atoms with E-state index in [1.165, 1.54) is 29.5 Å². The van der Waals surface area contributed by atoms with E-state index in [2.05, 4.69) is 10.1 Å². The number of likely N-dealkylation sites (tertiary alicyclic amines) is 1. The minimum absolute atomic E-state index is 0.0135. The summed E-state index contributed by atoms with van der Waals surface area (Å²) < 4.78 is 1.30. The van der Waals surface area contributed by atoms with Gasteiger partial charge in [-0.25, -0.2) is 9.67 Å². The summed E-state index contributed by atoms with van der Waals surface area (Å²) in [5.74, 6) is 0.0423. The van der Waals surface area contributed by atoms with E-state index in [4.69, 9.17) is 5.73 Å². The van der Waals surface area contributed by atoms with Crippen LogP contribution in [-0.2, 0) is 0 Å². The van der Waals surface area contributed by atoms with Crippen molar-refractivity contribution in [3.05, 3.63) is 46.5 Å². The number of nitro benzene ring substituents is 1. The molecule has 132 valence electrons. The largest absolute Gasteiger partial charge is 0.338 e. The maximum Gasteiger partial charge on any atom is 0.295 e. The number of nitrogens with zero attached hydrogens (tertiary/aromatic N) is 5. The summed E-state index contributed by atoms with van der Waals surface area (Å²) in [6.07, 6.45) is 4.55. The second-order valence-corrected chi connectivity index (χ2v) is 6.31. The molecule has 2 aromatic rings. The van der Waals surface area contributed by atoms with E-state index in [1.807, 2.05) is 6.92 Å². The van der Waals surface area contributed by atoms with Gasteiger partial charge in [-0.3, -0.25) is 14.9 Å². The summed E-state index contributed by atoms with van der Waals surface area (Å²) in [5, 5.41) is 15.3. The van der Waals surface area contributed by atoms with Crippen molar-refractivity contribution in [2.75, 3.05) is 13.1 Å². The molecule has 3 rings (SSSR count). The van der Waals surface area contributed by atoms with E-state index in [0.717, 1.165) is 12.8 Å². The normalized spacial score (nSPS) is 18.8. The number of rotatable bonds is 4. The zero-order valence-corrected chi connectivity index (χ0v) is 13.9. The molecule has 1 aromatic heterocycles. The molecule has 0 aliphatic carbocycles. The van der Waals surface area contributed by atoms with Gasteiger partial charge in [0.2, 0.25) is 0 Å². The highest BCUT2D eigenvalue weighted by Gasteiger charge is 2.28. The first-order valence-electron chi connectivity index (χ1n) is 8.15. The Morgan fingerprint density at radius 2 is 2.28 bits per heavy atom. The molecule has 1 aliphatic heterocycles. The maximum absolute atomic E-state index is 12.8. The number of hydrogen-bond donors (Lipinski definition) is 1. The van der Waals surface area contributed by atoms with Crippen molar-refractivity contribution in [2.45, 2.75) is 25.8 Å². The lowest BCUT2D eigenvalue weighted by molar-refractivity contribution is -0.384. The van der Waals surface area contributed by atoms with E-state index < -0.39 is 4.92 Å². The van der Waals surface area contributed by atoms with E-state index in [0.29, 0.717) is 18.7 Å². The van der Waals surface area contributed by atoms with Gasteiger partial charge in [-0.15, -0.1) is 0 Å². The van der Waals surface area contributed by atoms with Crippen LogP contribution in [0, 0.1) is 16.0 Å². The third-order valence-electron chi connectivity index (χ3n) is 4.57. The fraction of sp³-hybridized carbons (Fsp3) is 0.438. The van der Waals surface area contributed by atoms with Gasteiger partial charge in [-0.2, -0.15) is 5.10 Å². The van der Waals surface area contributed by atoms with Gasteiger partial charge < -0.3 is 10.6 Å². The van der Waals surface area contributed by atoms with Gasteiger partial charge in [0, 0.05) is 30.8 Å². The predicted molar refractivity (Wildman–Crippen MR) is 90.3 cm³/mol. The van der Waals surface area contributed by atoms with Gasteiger partial charge in [0.25, 0.3) is 11.6 Å². The zero-order chi connectivity index (χ0) is 18.0. The smallest absolute Gasteiger partial charge is 0.295 e.